The lowest BCUT2D eigenvalue weighted by molar-refractivity contribution is 0.534. The molecule has 0 saturated carbocycles. The Hall–Kier alpha value is -1.40. The third-order valence-electron chi connectivity index (χ3n) is 2.86. The first kappa shape index (κ1) is 14.7. The molecule has 3 nitrogen and oxygen atoms in total. The average Bonchev–Trinajstić information content (AvgIpc) is 2.39. The van der Waals surface area contributed by atoms with Gasteiger partial charge in [-0.05, 0) is 44.9 Å². The van der Waals surface area contributed by atoms with Crippen molar-refractivity contribution < 1.29 is 0 Å². The van der Waals surface area contributed by atoms with E-state index in [2.05, 4.69) is 47.3 Å². The van der Waals surface area contributed by atoms with Crippen molar-refractivity contribution in [3.63, 3.8) is 0 Å². The van der Waals surface area contributed by atoms with Gasteiger partial charge in [0.25, 0.3) is 0 Å². The lowest BCUT2D eigenvalue weighted by Gasteiger charge is -2.19. The Morgan fingerprint density at radius 2 is 2.11 bits per heavy atom. The van der Waals surface area contributed by atoms with Gasteiger partial charge in [0.15, 0.2) is 0 Å². The molecule has 1 unspecified atom stereocenters. The molecule has 0 aliphatic rings. The van der Waals surface area contributed by atoms with Gasteiger partial charge >= 0.3 is 0 Å². The third-order valence-corrected chi connectivity index (χ3v) is 2.86. The van der Waals surface area contributed by atoms with Gasteiger partial charge in [0.05, 0.1) is 11.4 Å². The summed E-state index contributed by atoms with van der Waals surface area (Å²) in [5.74, 6) is 6.14. The number of nitrogens with one attached hydrogen (secondary N) is 1. The molecule has 1 aromatic rings. The Kier molecular flexibility index (Phi) is 6.38. The molecule has 3 heteroatoms. The van der Waals surface area contributed by atoms with Crippen LogP contribution in [-0.2, 0) is 6.42 Å². The maximum absolute atomic E-state index is 4.30. The summed E-state index contributed by atoms with van der Waals surface area (Å²) in [7, 11) is 0. The van der Waals surface area contributed by atoms with Gasteiger partial charge in [-0.3, -0.25) is 0 Å². The number of hydrogen-bond acceptors (Lipinski definition) is 3. The van der Waals surface area contributed by atoms with Crippen molar-refractivity contribution in [2.24, 2.45) is 0 Å². The van der Waals surface area contributed by atoms with Crippen LogP contribution >= 0.6 is 0 Å². The Morgan fingerprint density at radius 1 is 1.33 bits per heavy atom. The van der Waals surface area contributed by atoms with E-state index < -0.39 is 0 Å². The van der Waals surface area contributed by atoms with Crippen LogP contribution in [0.1, 0.15) is 56.6 Å². The summed E-state index contributed by atoms with van der Waals surface area (Å²) >= 11 is 0. The summed E-state index contributed by atoms with van der Waals surface area (Å²) in [6, 6.07) is 2.40. The molecule has 0 amide bonds. The van der Waals surface area contributed by atoms with E-state index in [0.29, 0.717) is 0 Å². The average molecular weight is 245 g/mol. The van der Waals surface area contributed by atoms with Crippen LogP contribution in [0.5, 0.6) is 0 Å². The van der Waals surface area contributed by atoms with Crippen molar-refractivity contribution in [3.8, 4) is 11.8 Å². The first-order valence-corrected chi connectivity index (χ1v) is 6.69. The van der Waals surface area contributed by atoms with Crippen molar-refractivity contribution in [2.75, 3.05) is 6.54 Å². The summed E-state index contributed by atoms with van der Waals surface area (Å²) < 4.78 is 0. The molecule has 0 aliphatic carbocycles. The Morgan fingerprint density at radius 3 is 2.72 bits per heavy atom. The molecule has 0 saturated heterocycles. The summed E-state index contributed by atoms with van der Waals surface area (Å²) in [6.07, 6.45) is 2.86. The monoisotopic (exact) mass is 245 g/mol. The van der Waals surface area contributed by atoms with Gasteiger partial charge in [-0.15, -0.1) is 11.8 Å². The van der Waals surface area contributed by atoms with Crippen LogP contribution in [0.25, 0.3) is 0 Å². The zero-order valence-corrected chi connectivity index (χ0v) is 11.9. The molecule has 98 valence electrons. The van der Waals surface area contributed by atoms with Crippen LogP contribution in [0.4, 0.5) is 0 Å². The lowest BCUT2D eigenvalue weighted by Crippen LogP contribution is -2.23. The maximum Gasteiger partial charge on any atom is 0.0676 e. The minimum absolute atomic E-state index is 0.265. The number of rotatable bonds is 6. The molecule has 1 heterocycles. The van der Waals surface area contributed by atoms with Crippen molar-refractivity contribution in [3.05, 3.63) is 23.0 Å². The predicted octanol–water partition coefficient (Wildman–Crippen LogP) is 2.80. The highest BCUT2D eigenvalue weighted by molar-refractivity contribution is 5.26. The normalized spacial score (nSPS) is 11.8. The van der Waals surface area contributed by atoms with Crippen LogP contribution in [0.15, 0.2) is 6.07 Å². The SMILES string of the molecule is CC#CCC(NCCC)c1cc(C)nnc1CC. The summed E-state index contributed by atoms with van der Waals surface area (Å²) in [6.45, 7) is 9.16. The van der Waals surface area contributed by atoms with Crippen molar-refractivity contribution in [1.82, 2.24) is 15.5 Å². The molecule has 1 atom stereocenters. The van der Waals surface area contributed by atoms with Crippen LogP contribution in [0, 0.1) is 18.8 Å². The number of nitrogens with zero attached hydrogens (tertiary/aromatic N) is 2. The standard InChI is InChI=1S/C15H23N3/c1-5-8-9-15(16-10-6-2)13-11-12(4)17-18-14(13)7-3/h11,15-16H,6-7,9-10H2,1-4H3. The molecule has 0 spiro atoms. The fourth-order valence-corrected chi connectivity index (χ4v) is 1.93. The van der Waals surface area contributed by atoms with Crippen LogP contribution < -0.4 is 5.32 Å². The van der Waals surface area contributed by atoms with E-state index in [1.807, 2.05) is 13.8 Å². The molecule has 0 aliphatic heterocycles. The van der Waals surface area contributed by atoms with Crippen LogP contribution in [0.2, 0.25) is 0 Å². The highest BCUT2D eigenvalue weighted by atomic mass is 15.1. The van der Waals surface area contributed by atoms with Gasteiger partial charge in [-0.2, -0.15) is 10.2 Å². The number of aryl methyl sites for hydroxylation is 2. The highest BCUT2D eigenvalue weighted by Gasteiger charge is 2.14. The van der Waals surface area contributed by atoms with Gasteiger partial charge in [0.1, 0.15) is 0 Å². The van der Waals surface area contributed by atoms with Crippen molar-refractivity contribution in [1.29, 1.82) is 0 Å². The summed E-state index contributed by atoms with van der Waals surface area (Å²) in [4.78, 5) is 0. The molecule has 1 rings (SSSR count). The van der Waals surface area contributed by atoms with Crippen molar-refractivity contribution >= 4 is 0 Å². The highest BCUT2D eigenvalue weighted by Crippen LogP contribution is 2.20. The Balaban J connectivity index is 3.00. The minimum Gasteiger partial charge on any atom is -0.309 e. The first-order chi connectivity index (χ1) is 8.72. The molecule has 0 bridgehead atoms. The second-order valence-corrected chi connectivity index (χ2v) is 4.38. The lowest BCUT2D eigenvalue weighted by atomic mass is 10.0. The van der Waals surface area contributed by atoms with Gasteiger partial charge < -0.3 is 5.32 Å². The molecule has 0 radical (unpaired) electrons. The van der Waals surface area contributed by atoms with Gasteiger partial charge in [0, 0.05) is 12.5 Å². The van der Waals surface area contributed by atoms with Gasteiger partial charge in [-0.1, -0.05) is 13.8 Å². The molecule has 1 N–H and O–H groups in total. The van der Waals surface area contributed by atoms with Crippen LogP contribution in [-0.4, -0.2) is 16.7 Å². The zero-order valence-electron chi connectivity index (χ0n) is 11.9. The van der Waals surface area contributed by atoms with E-state index in [0.717, 1.165) is 37.2 Å². The maximum atomic E-state index is 4.30. The molecule has 1 aromatic heterocycles. The zero-order chi connectivity index (χ0) is 13.4. The number of aromatic nitrogens is 2. The van der Waals surface area contributed by atoms with Crippen molar-refractivity contribution in [2.45, 2.75) is 53.0 Å². The second-order valence-electron chi connectivity index (χ2n) is 4.38. The topological polar surface area (TPSA) is 37.8 Å². The smallest absolute Gasteiger partial charge is 0.0676 e. The molecule has 18 heavy (non-hydrogen) atoms. The summed E-state index contributed by atoms with van der Waals surface area (Å²) in [5.41, 5.74) is 3.29. The third kappa shape index (κ3) is 4.12. The van der Waals surface area contributed by atoms with E-state index in [4.69, 9.17) is 0 Å². The van der Waals surface area contributed by atoms with E-state index in [1.165, 1.54) is 5.56 Å². The molecule has 0 fully saturated rings. The fraction of sp³-hybridized carbons (Fsp3) is 0.600. The summed E-state index contributed by atoms with van der Waals surface area (Å²) in [5, 5.41) is 12.0. The van der Waals surface area contributed by atoms with Gasteiger partial charge in [-0.25, -0.2) is 0 Å². The van der Waals surface area contributed by atoms with E-state index >= 15 is 0 Å². The molecule has 0 aromatic carbocycles. The quantitative estimate of drug-likeness (QED) is 0.783. The van der Waals surface area contributed by atoms with Crippen LogP contribution in [0.3, 0.4) is 0 Å². The largest absolute Gasteiger partial charge is 0.309 e. The number of hydrogen-bond donors (Lipinski definition) is 1. The van der Waals surface area contributed by atoms with E-state index in [9.17, 15) is 0 Å². The van der Waals surface area contributed by atoms with E-state index in [1.54, 1.807) is 0 Å². The minimum atomic E-state index is 0.265. The van der Waals surface area contributed by atoms with Gasteiger partial charge in [0.2, 0.25) is 0 Å². The fourth-order valence-electron chi connectivity index (χ4n) is 1.93. The molecular weight excluding hydrogens is 222 g/mol. The Labute approximate surface area is 110 Å². The first-order valence-electron chi connectivity index (χ1n) is 6.69. The molecular formula is C15H23N3. The predicted molar refractivity (Wildman–Crippen MR) is 75.2 cm³/mol. The Bertz CT molecular complexity index is 429. The van der Waals surface area contributed by atoms with E-state index in [-0.39, 0.29) is 6.04 Å². The second kappa shape index (κ2) is 7.84.